The molecule has 5 heteroatoms. The van der Waals surface area contributed by atoms with Gasteiger partial charge in [-0.1, -0.05) is 97.1 Å². The topological polar surface area (TPSA) is 51.4 Å². The van der Waals surface area contributed by atoms with Crippen LogP contribution in [0, 0.1) is 6.92 Å². The number of aromatic nitrogens is 5. The summed E-state index contributed by atoms with van der Waals surface area (Å²) in [5.41, 5.74) is 12.0. The maximum absolute atomic E-state index is 5.50. The first-order chi connectivity index (χ1) is 23.7. The minimum absolute atomic E-state index is 0.903. The zero-order valence-electron chi connectivity index (χ0n) is 26.2. The van der Waals surface area contributed by atoms with Crippen LogP contribution in [0.4, 0.5) is 0 Å². The number of aromatic amines is 1. The van der Waals surface area contributed by atoms with Crippen molar-refractivity contribution in [1.82, 2.24) is 24.1 Å². The number of benzene rings is 6. The van der Waals surface area contributed by atoms with Crippen molar-refractivity contribution < 1.29 is 0 Å². The molecule has 10 aromatic rings. The first-order valence-electron chi connectivity index (χ1n) is 16.3. The van der Waals surface area contributed by atoms with Gasteiger partial charge in [0, 0.05) is 50.1 Å². The number of rotatable bonds is 4. The molecule has 10 rings (SSSR count). The molecule has 0 saturated heterocycles. The van der Waals surface area contributed by atoms with E-state index in [-0.39, 0.29) is 0 Å². The molecule has 4 heterocycles. The molecular formula is C43H29N5. The molecule has 4 aromatic heterocycles. The smallest absolute Gasteiger partial charge is 0.147 e. The fraction of sp³-hybridized carbons (Fsp3) is 0.0233. The lowest BCUT2D eigenvalue weighted by Gasteiger charge is -2.11. The van der Waals surface area contributed by atoms with E-state index in [1.165, 1.54) is 21.5 Å². The first kappa shape index (κ1) is 26.7. The Morgan fingerprint density at radius 2 is 1.27 bits per heavy atom. The maximum Gasteiger partial charge on any atom is 0.147 e. The van der Waals surface area contributed by atoms with Crippen LogP contribution in [0.2, 0.25) is 0 Å². The van der Waals surface area contributed by atoms with Gasteiger partial charge in [0.15, 0.2) is 0 Å². The molecule has 0 bridgehead atoms. The fourth-order valence-electron chi connectivity index (χ4n) is 7.49. The Labute approximate surface area is 276 Å². The highest BCUT2D eigenvalue weighted by molar-refractivity contribution is 6.13. The number of imidazole rings is 1. The number of nitrogens with one attached hydrogen (secondary N) is 1. The van der Waals surface area contributed by atoms with Crippen LogP contribution in [-0.4, -0.2) is 24.1 Å². The van der Waals surface area contributed by atoms with Crippen LogP contribution in [0.15, 0.2) is 152 Å². The second-order valence-electron chi connectivity index (χ2n) is 12.4. The minimum Gasteiger partial charge on any atom is -0.354 e. The molecule has 0 saturated carbocycles. The van der Waals surface area contributed by atoms with Crippen molar-refractivity contribution in [1.29, 1.82) is 0 Å². The highest BCUT2D eigenvalue weighted by Crippen LogP contribution is 2.40. The summed E-state index contributed by atoms with van der Waals surface area (Å²) in [6, 6.07) is 51.6. The van der Waals surface area contributed by atoms with E-state index in [4.69, 9.17) is 9.97 Å². The Bertz CT molecular complexity index is 2850. The second-order valence-corrected chi connectivity index (χ2v) is 12.4. The van der Waals surface area contributed by atoms with Gasteiger partial charge in [-0.2, -0.15) is 0 Å². The third-order valence-electron chi connectivity index (χ3n) is 9.66. The molecular weight excluding hydrogens is 587 g/mol. The molecule has 48 heavy (non-hydrogen) atoms. The van der Waals surface area contributed by atoms with E-state index < -0.39 is 0 Å². The molecule has 6 aromatic carbocycles. The zero-order valence-corrected chi connectivity index (χ0v) is 26.2. The van der Waals surface area contributed by atoms with Crippen LogP contribution < -0.4 is 0 Å². The summed E-state index contributed by atoms with van der Waals surface area (Å²) in [4.78, 5) is 14.0. The van der Waals surface area contributed by atoms with E-state index in [0.717, 1.165) is 72.7 Å². The van der Waals surface area contributed by atoms with Crippen LogP contribution in [0.25, 0.3) is 88.7 Å². The number of hydrogen-bond acceptors (Lipinski definition) is 2. The maximum atomic E-state index is 5.50. The van der Waals surface area contributed by atoms with Crippen LogP contribution in [0.3, 0.4) is 0 Å². The third kappa shape index (κ3) is 3.85. The molecule has 0 spiro atoms. The van der Waals surface area contributed by atoms with Gasteiger partial charge < -0.3 is 4.98 Å². The van der Waals surface area contributed by atoms with Crippen LogP contribution in [0.1, 0.15) is 5.56 Å². The average Bonchev–Trinajstić information content (AvgIpc) is 3.82. The predicted octanol–water partition coefficient (Wildman–Crippen LogP) is 10.8. The van der Waals surface area contributed by atoms with Gasteiger partial charge in [-0.05, 0) is 66.6 Å². The minimum atomic E-state index is 0.903. The van der Waals surface area contributed by atoms with E-state index in [1.54, 1.807) is 0 Å². The Hall–Kier alpha value is -6.46. The first-order valence-corrected chi connectivity index (χ1v) is 16.3. The standard InChI is InChI=1S/C43H29N5/c1-27-12-11-25-44-42(27)48-37-21-8-6-16-32(37)33-24-23-28(26-39(33)48)30-17-10-22-38-41(30)46-43(47(38)29-13-3-2-4-14-29)35-19-9-18-34-31-15-5-7-20-36(31)45-40(34)35/h2-26,45H,1H3. The third-order valence-corrected chi connectivity index (χ3v) is 9.66. The molecule has 0 aliphatic rings. The quantitative estimate of drug-likeness (QED) is 0.214. The number of aryl methyl sites for hydroxylation is 1. The number of nitrogens with zero attached hydrogens (tertiary/aromatic N) is 4. The molecule has 0 amide bonds. The molecule has 1 N–H and O–H groups in total. The summed E-state index contributed by atoms with van der Waals surface area (Å²) in [5, 5.41) is 4.82. The Kier molecular flexibility index (Phi) is 5.72. The lowest BCUT2D eigenvalue weighted by molar-refractivity contribution is 1.05. The van der Waals surface area contributed by atoms with E-state index in [1.807, 2.05) is 12.3 Å². The van der Waals surface area contributed by atoms with Crippen LogP contribution in [0.5, 0.6) is 0 Å². The summed E-state index contributed by atoms with van der Waals surface area (Å²) in [7, 11) is 0. The van der Waals surface area contributed by atoms with Gasteiger partial charge in [0.25, 0.3) is 0 Å². The molecule has 0 aliphatic heterocycles. The van der Waals surface area contributed by atoms with E-state index in [0.29, 0.717) is 0 Å². The van der Waals surface area contributed by atoms with E-state index >= 15 is 0 Å². The summed E-state index contributed by atoms with van der Waals surface area (Å²) >= 11 is 0. The van der Waals surface area contributed by atoms with Crippen LogP contribution in [-0.2, 0) is 0 Å². The van der Waals surface area contributed by atoms with E-state index in [2.05, 4.69) is 161 Å². The Morgan fingerprint density at radius 3 is 2.17 bits per heavy atom. The monoisotopic (exact) mass is 615 g/mol. The van der Waals surface area contributed by atoms with Gasteiger partial charge in [0.2, 0.25) is 0 Å². The number of H-pyrrole nitrogens is 1. The molecule has 0 radical (unpaired) electrons. The average molecular weight is 616 g/mol. The van der Waals surface area contributed by atoms with Gasteiger partial charge in [-0.15, -0.1) is 0 Å². The van der Waals surface area contributed by atoms with Gasteiger partial charge in [0.1, 0.15) is 11.6 Å². The highest BCUT2D eigenvalue weighted by atomic mass is 15.1. The van der Waals surface area contributed by atoms with Gasteiger partial charge in [0.05, 0.1) is 27.6 Å². The summed E-state index contributed by atoms with van der Waals surface area (Å²) < 4.78 is 4.60. The largest absolute Gasteiger partial charge is 0.354 e. The molecule has 0 unspecified atom stereocenters. The van der Waals surface area contributed by atoms with Crippen molar-refractivity contribution in [2.24, 2.45) is 0 Å². The van der Waals surface area contributed by atoms with Gasteiger partial charge in [-0.3, -0.25) is 9.13 Å². The van der Waals surface area contributed by atoms with Gasteiger partial charge >= 0.3 is 0 Å². The zero-order chi connectivity index (χ0) is 31.8. The summed E-state index contributed by atoms with van der Waals surface area (Å²) in [6.45, 7) is 2.12. The molecule has 5 nitrogen and oxygen atoms in total. The Morgan fingerprint density at radius 1 is 0.542 bits per heavy atom. The van der Waals surface area contributed by atoms with Crippen molar-refractivity contribution in [2.75, 3.05) is 0 Å². The van der Waals surface area contributed by atoms with Crippen molar-refractivity contribution in [3.05, 3.63) is 157 Å². The summed E-state index contributed by atoms with van der Waals surface area (Å²) in [5.74, 6) is 1.85. The Balaban J connectivity index is 1.26. The van der Waals surface area contributed by atoms with Crippen molar-refractivity contribution >= 4 is 54.6 Å². The summed E-state index contributed by atoms with van der Waals surface area (Å²) in [6.07, 6.45) is 1.87. The van der Waals surface area contributed by atoms with E-state index in [9.17, 15) is 0 Å². The highest BCUT2D eigenvalue weighted by Gasteiger charge is 2.21. The van der Waals surface area contributed by atoms with Crippen molar-refractivity contribution in [2.45, 2.75) is 6.92 Å². The second kappa shape index (κ2) is 10.3. The SMILES string of the molecule is Cc1cccnc1-n1c2ccccc2c2ccc(-c3cccc4c3nc(-c3cccc5c3[nH]c3ccccc35)n4-c3ccccc3)cc21. The van der Waals surface area contributed by atoms with Crippen LogP contribution >= 0.6 is 0 Å². The number of hydrogen-bond donors (Lipinski definition) is 1. The van der Waals surface area contributed by atoms with Gasteiger partial charge in [-0.25, -0.2) is 9.97 Å². The lowest BCUT2D eigenvalue weighted by atomic mass is 10.0. The number of para-hydroxylation sites is 5. The molecule has 226 valence electrons. The fourth-order valence-corrected chi connectivity index (χ4v) is 7.49. The normalized spacial score (nSPS) is 11.9. The molecule has 0 fully saturated rings. The van der Waals surface area contributed by atoms with Crippen molar-refractivity contribution in [3.8, 4) is 34.0 Å². The number of fused-ring (bicyclic) bond motifs is 7. The molecule has 0 atom stereocenters. The van der Waals surface area contributed by atoms with Crippen molar-refractivity contribution in [3.63, 3.8) is 0 Å². The predicted molar refractivity (Wildman–Crippen MR) is 198 cm³/mol. The molecule has 0 aliphatic carbocycles. The number of pyridine rings is 1. The lowest BCUT2D eigenvalue weighted by Crippen LogP contribution is -1.99.